The molecule has 20 heavy (non-hydrogen) atoms. The van der Waals surface area contributed by atoms with Crippen LogP contribution in [0.3, 0.4) is 0 Å². The van der Waals surface area contributed by atoms with Gasteiger partial charge in [0, 0.05) is 17.3 Å². The first-order valence-corrected chi connectivity index (χ1v) is 7.41. The second-order valence-corrected chi connectivity index (χ2v) is 5.84. The van der Waals surface area contributed by atoms with Crippen LogP contribution in [0.4, 0.5) is 11.4 Å². The molecular formula is C13H12N2O4S. The number of nitrogens with zero attached hydrogens (tertiary/aromatic N) is 1. The van der Waals surface area contributed by atoms with Crippen LogP contribution in [0.5, 0.6) is 0 Å². The fourth-order valence-corrected chi connectivity index (χ4v) is 2.96. The van der Waals surface area contributed by atoms with E-state index in [9.17, 15) is 18.5 Å². The molecule has 104 valence electrons. The Hall–Kier alpha value is -2.41. The van der Waals surface area contributed by atoms with E-state index in [-0.39, 0.29) is 11.3 Å². The number of nitrogens with one attached hydrogen (secondary N) is 1. The number of anilines is 1. The van der Waals surface area contributed by atoms with Crippen LogP contribution in [-0.2, 0) is 15.8 Å². The van der Waals surface area contributed by atoms with Crippen molar-refractivity contribution in [2.75, 3.05) is 4.72 Å². The summed E-state index contributed by atoms with van der Waals surface area (Å²) in [6, 6.07) is 14.2. The van der Waals surface area contributed by atoms with Gasteiger partial charge in [-0.25, -0.2) is 8.42 Å². The molecule has 0 unspecified atom stereocenters. The molecule has 0 aromatic heterocycles. The molecule has 0 spiro atoms. The SMILES string of the molecule is O=[N+]([O-])c1ccccc1CS(=O)(=O)Nc1ccccc1. The minimum Gasteiger partial charge on any atom is -0.283 e. The molecule has 6 nitrogen and oxygen atoms in total. The summed E-state index contributed by atoms with van der Waals surface area (Å²) in [5, 5.41) is 10.9. The molecule has 0 saturated carbocycles. The largest absolute Gasteiger partial charge is 0.283 e. The molecule has 0 atom stereocenters. The number of sulfonamides is 1. The summed E-state index contributed by atoms with van der Waals surface area (Å²) in [5.41, 5.74) is 0.373. The fourth-order valence-electron chi connectivity index (χ4n) is 1.74. The van der Waals surface area contributed by atoms with Crippen molar-refractivity contribution in [3.8, 4) is 0 Å². The number of benzene rings is 2. The van der Waals surface area contributed by atoms with Gasteiger partial charge >= 0.3 is 0 Å². The fraction of sp³-hybridized carbons (Fsp3) is 0.0769. The quantitative estimate of drug-likeness (QED) is 0.677. The molecule has 0 fully saturated rings. The summed E-state index contributed by atoms with van der Waals surface area (Å²) >= 11 is 0. The maximum absolute atomic E-state index is 12.0. The van der Waals surface area contributed by atoms with Gasteiger partial charge in [0.25, 0.3) is 5.69 Å². The Morgan fingerprint density at radius 2 is 1.60 bits per heavy atom. The van der Waals surface area contributed by atoms with Crippen LogP contribution >= 0.6 is 0 Å². The lowest BCUT2D eigenvalue weighted by atomic mass is 10.2. The maximum Gasteiger partial charge on any atom is 0.273 e. The van der Waals surface area contributed by atoms with Crippen molar-refractivity contribution < 1.29 is 13.3 Å². The van der Waals surface area contributed by atoms with E-state index in [2.05, 4.69) is 4.72 Å². The zero-order valence-electron chi connectivity index (χ0n) is 10.4. The summed E-state index contributed by atoms with van der Waals surface area (Å²) in [5.74, 6) is -0.445. The van der Waals surface area contributed by atoms with Crippen LogP contribution in [0.1, 0.15) is 5.56 Å². The first-order valence-electron chi connectivity index (χ1n) is 5.76. The molecule has 2 aromatic rings. The van der Waals surface area contributed by atoms with Gasteiger partial charge in [0.1, 0.15) is 5.75 Å². The number of nitro benzene ring substituents is 1. The number of rotatable bonds is 5. The minimum absolute atomic E-state index is 0.154. The zero-order chi connectivity index (χ0) is 14.6. The van der Waals surface area contributed by atoms with Gasteiger partial charge < -0.3 is 0 Å². The molecule has 0 aliphatic heterocycles. The molecule has 1 N–H and O–H groups in total. The zero-order valence-corrected chi connectivity index (χ0v) is 11.2. The third-order valence-corrected chi connectivity index (χ3v) is 3.82. The highest BCUT2D eigenvalue weighted by molar-refractivity contribution is 7.91. The number of hydrogen-bond donors (Lipinski definition) is 1. The highest BCUT2D eigenvalue weighted by atomic mass is 32.2. The van der Waals surface area contributed by atoms with Crippen LogP contribution in [0.2, 0.25) is 0 Å². The Kier molecular flexibility index (Phi) is 3.99. The third-order valence-electron chi connectivity index (χ3n) is 2.58. The molecule has 7 heteroatoms. The van der Waals surface area contributed by atoms with E-state index in [0.717, 1.165) is 0 Å². The van der Waals surface area contributed by atoms with Gasteiger partial charge in [0.2, 0.25) is 10.0 Å². The Labute approximate surface area is 116 Å². The van der Waals surface area contributed by atoms with Crippen molar-refractivity contribution >= 4 is 21.4 Å². The smallest absolute Gasteiger partial charge is 0.273 e. The molecular weight excluding hydrogens is 280 g/mol. The molecule has 0 bridgehead atoms. The Morgan fingerprint density at radius 1 is 1.00 bits per heavy atom. The van der Waals surface area contributed by atoms with Gasteiger partial charge in [-0.3, -0.25) is 14.8 Å². The molecule has 2 aromatic carbocycles. The van der Waals surface area contributed by atoms with Gasteiger partial charge in [0.05, 0.1) is 4.92 Å². The van der Waals surface area contributed by atoms with Crippen LogP contribution in [-0.4, -0.2) is 13.3 Å². The van der Waals surface area contributed by atoms with Gasteiger partial charge in [-0.1, -0.05) is 36.4 Å². The average Bonchev–Trinajstić information content (AvgIpc) is 2.39. The lowest BCUT2D eigenvalue weighted by Crippen LogP contribution is -2.15. The summed E-state index contributed by atoms with van der Waals surface area (Å²) in [6.07, 6.45) is 0. The van der Waals surface area contributed by atoms with Crippen molar-refractivity contribution in [1.82, 2.24) is 0 Å². The van der Waals surface area contributed by atoms with E-state index in [1.54, 1.807) is 36.4 Å². The molecule has 0 saturated heterocycles. The highest BCUT2D eigenvalue weighted by Gasteiger charge is 2.19. The van der Waals surface area contributed by atoms with Crippen LogP contribution < -0.4 is 4.72 Å². The van der Waals surface area contributed by atoms with E-state index in [0.29, 0.717) is 5.69 Å². The molecule has 0 radical (unpaired) electrons. The van der Waals surface area contributed by atoms with Crippen molar-refractivity contribution in [3.05, 3.63) is 70.3 Å². The topological polar surface area (TPSA) is 89.3 Å². The highest BCUT2D eigenvalue weighted by Crippen LogP contribution is 2.21. The molecule has 0 aliphatic rings. The summed E-state index contributed by atoms with van der Waals surface area (Å²) in [6.45, 7) is 0. The predicted molar refractivity (Wildman–Crippen MR) is 75.8 cm³/mol. The minimum atomic E-state index is -3.70. The lowest BCUT2D eigenvalue weighted by molar-refractivity contribution is -0.385. The van der Waals surface area contributed by atoms with Crippen LogP contribution in [0.25, 0.3) is 0 Å². The van der Waals surface area contributed by atoms with Crippen molar-refractivity contribution in [1.29, 1.82) is 0 Å². The van der Waals surface area contributed by atoms with Crippen LogP contribution in [0.15, 0.2) is 54.6 Å². The van der Waals surface area contributed by atoms with Gasteiger partial charge in [-0.05, 0) is 12.1 Å². The molecule has 0 heterocycles. The normalized spacial score (nSPS) is 11.0. The standard InChI is InChI=1S/C13H12N2O4S/c16-15(17)13-9-5-4-6-11(13)10-20(18,19)14-12-7-2-1-3-8-12/h1-9,14H,10H2. The van der Waals surface area contributed by atoms with Crippen molar-refractivity contribution in [2.24, 2.45) is 0 Å². The van der Waals surface area contributed by atoms with E-state index in [1.807, 2.05) is 0 Å². The Balaban J connectivity index is 2.23. The summed E-state index contributed by atoms with van der Waals surface area (Å²) < 4.78 is 26.4. The molecule has 2 rings (SSSR count). The van der Waals surface area contributed by atoms with Gasteiger partial charge in [-0.2, -0.15) is 0 Å². The van der Waals surface area contributed by atoms with Gasteiger partial charge in [0.15, 0.2) is 0 Å². The van der Waals surface area contributed by atoms with Crippen molar-refractivity contribution in [3.63, 3.8) is 0 Å². The van der Waals surface area contributed by atoms with E-state index >= 15 is 0 Å². The molecule has 0 amide bonds. The Bertz CT molecular complexity index is 714. The Morgan fingerprint density at radius 3 is 2.25 bits per heavy atom. The predicted octanol–water partition coefficient (Wildman–Crippen LogP) is 2.54. The maximum atomic E-state index is 12.0. The summed E-state index contributed by atoms with van der Waals surface area (Å²) in [4.78, 5) is 10.3. The van der Waals surface area contributed by atoms with E-state index < -0.39 is 20.7 Å². The second kappa shape index (κ2) is 5.70. The second-order valence-electron chi connectivity index (χ2n) is 4.11. The van der Waals surface area contributed by atoms with Crippen LogP contribution in [0, 0.1) is 10.1 Å². The first-order chi connectivity index (χ1) is 9.48. The number of nitro groups is 1. The van der Waals surface area contributed by atoms with Gasteiger partial charge in [-0.15, -0.1) is 0 Å². The summed E-state index contributed by atoms with van der Waals surface area (Å²) in [7, 11) is -3.70. The number of hydrogen-bond acceptors (Lipinski definition) is 4. The molecule has 0 aliphatic carbocycles. The van der Waals surface area contributed by atoms with E-state index in [1.165, 1.54) is 18.2 Å². The number of para-hydroxylation sites is 2. The average molecular weight is 292 g/mol. The first kappa shape index (κ1) is 14.0. The van der Waals surface area contributed by atoms with Crippen molar-refractivity contribution in [2.45, 2.75) is 5.75 Å². The monoisotopic (exact) mass is 292 g/mol. The third kappa shape index (κ3) is 3.55. The lowest BCUT2D eigenvalue weighted by Gasteiger charge is -2.08. The van der Waals surface area contributed by atoms with E-state index in [4.69, 9.17) is 0 Å².